The van der Waals surface area contributed by atoms with Crippen LogP contribution in [0.5, 0.6) is 0 Å². The second kappa shape index (κ2) is 5.49. The summed E-state index contributed by atoms with van der Waals surface area (Å²) in [7, 11) is 0. The molecule has 0 saturated heterocycles. The molecule has 1 amide bonds. The van der Waals surface area contributed by atoms with Crippen LogP contribution in [0.4, 0.5) is 0 Å². The predicted octanol–water partition coefficient (Wildman–Crippen LogP) is 3.00. The van der Waals surface area contributed by atoms with Crippen LogP contribution in [-0.4, -0.2) is 23.2 Å². The first-order chi connectivity index (χ1) is 9.28. The second-order valence-electron chi connectivity index (χ2n) is 6.29. The Labute approximate surface area is 128 Å². The van der Waals surface area contributed by atoms with Gasteiger partial charge >= 0.3 is 0 Å². The number of hydrogen-bond acceptors (Lipinski definition) is 2. The summed E-state index contributed by atoms with van der Waals surface area (Å²) < 4.78 is 0.989. The summed E-state index contributed by atoms with van der Waals surface area (Å²) in [6, 6.07) is 7.92. The van der Waals surface area contributed by atoms with Crippen LogP contribution in [0.1, 0.15) is 39.2 Å². The monoisotopic (exact) mass is 339 g/mol. The summed E-state index contributed by atoms with van der Waals surface area (Å²) in [4.78, 5) is 12.5. The van der Waals surface area contributed by atoms with Crippen molar-refractivity contribution < 1.29 is 9.90 Å². The van der Waals surface area contributed by atoms with Crippen LogP contribution in [0.25, 0.3) is 0 Å². The Kier molecular flexibility index (Phi) is 4.26. The molecule has 3 nitrogen and oxygen atoms in total. The Hall–Kier alpha value is -0.870. The average molecular weight is 340 g/mol. The van der Waals surface area contributed by atoms with E-state index in [1.807, 2.05) is 38.1 Å². The first-order valence-electron chi connectivity index (χ1n) is 7.05. The van der Waals surface area contributed by atoms with Crippen molar-refractivity contribution in [2.75, 3.05) is 6.54 Å². The molecule has 0 bridgehead atoms. The van der Waals surface area contributed by atoms with Crippen molar-refractivity contribution in [3.63, 3.8) is 0 Å². The molecule has 1 saturated carbocycles. The highest BCUT2D eigenvalue weighted by Crippen LogP contribution is 2.48. The van der Waals surface area contributed by atoms with Gasteiger partial charge < -0.3 is 10.4 Å². The molecule has 0 spiro atoms. The Balaban J connectivity index is 2.06. The lowest BCUT2D eigenvalue weighted by molar-refractivity contribution is -0.125. The number of hydrogen-bond donors (Lipinski definition) is 2. The van der Waals surface area contributed by atoms with Gasteiger partial charge in [-0.05, 0) is 43.4 Å². The van der Waals surface area contributed by atoms with Crippen LogP contribution < -0.4 is 5.32 Å². The molecule has 110 valence electrons. The van der Waals surface area contributed by atoms with E-state index in [1.54, 1.807) is 6.92 Å². The zero-order valence-corrected chi connectivity index (χ0v) is 13.8. The van der Waals surface area contributed by atoms with Gasteiger partial charge in [0.2, 0.25) is 5.91 Å². The van der Waals surface area contributed by atoms with Crippen LogP contribution in [0.3, 0.4) is 0 Å². The lowest BCUT2D eigenvalue weighted by Gasteiger charge is -2.29. The maximum absolute atomic E-state index is 12.5. The van der Waals surface area contributed by atoms with Gasteiger partial charge in [-0.25, -0.2) is 0 Å². The molecule has 1 aromatic carbocycles. The minimum Gasteiger partial charge on any atom is -0.388 e. The summed E-state index contributed by atoms with van der Waals surface area (Å²) in [6.45, 7) is 5.95. The molecule has 1 aliphatic rings. The molecule has 0 aromatic heterocycles. The molecule has 0 radical (unpaired) electrons. The van der Waals surface area contributed by atoms with Gasteiger partial charge in [-0.2, -0.15) is 0 Å². The topological polar surface area (TPSA) is 49.3 Å². The molecular weight excluding hydrogens is 318 g/mol. The number of nitrogens with one attached hydrogen (secondary N) is 1. The van der Waals surface area contributed by atoms with Gasteiger partial charge in [0.25, 0.3) is 0 Å². The van der Waals surface area contributed by atoms with Gasteiger partial charge in [-0.15, -0.1) is 0 Å². The van der Waals surface area contributed by atoms with Gasteiger partial charge in [0.05, 0.1) is 11.0 Å². The fraction of sp³-hybridized carbons (Fsp3) is 0.562. The number of benzene rings is 1. The zero-order chi connectivity index (χ0) is 15.0. The molecule has 0 heterocycles. The first-order valence-corrected chi connectivity index (χ1v) is 7.84. The standard InChI is InChI=1S/C16H22BrNO2/c1-11(2)15(3,20)10-18-14(19)16(7-8-16)12-5-4-6-13(17)9-12/h4-6,9,11,20H,7-8,10H2,1-3H3,(H,18,19). The van der Waals surface area contributed by atoms with Gasteiger partial charge in [-0.1, -0.05) is 41.9 Å². The minimum atomic E-state index is -0.872. The third-order valence-electron chi connectivity index (χ3n) is 4.41. The SMILES string of the molecule is CC(C)C(C)(O)CNC(=O)C1(c2cccc(Br)c2)CC1. The van der Waals surface area contributed by atoms with Gasteiger partial charge in [0.15, 0.2) is 0 Å². The molecule has 1 atom stereocenters. The molecule has 1 unspecified atom stereocenters. The lowest BCUT2D eigenvalue weighted by Crippen LogP contribution is -2.47. The number of rotatable bonds is 5. The third kappa shape index (κ3) is 3.07. The van der Waals surface area contributed by atoms with Crippen LogP contribution >= 0.6 is 15.9 Å². The number of halogens is 1. The van der Waals surface area contributed by atoms with Crippen LogP contribution in [0.15, 0.2) is 28.7 Å². The lowest BCUT2D eigenvalue weighted by atomic mass is 9.91. The normalized spacial score (nSPS) is 19.5. The largest absolute Gasteiger partial charge is 0.388 e. The summed E-state index contributed by atoms with van der Waals surface area (Å²) in [5.74, 6) is 0.125. The quantitative estimate of drug-likeness (QED) is 0.866. The van der Waals surface area contributed by atoms with Crippen LogP contribution in [-0.2, 0) is 10.2 Å². The molecule has 2 N–H and O–H groups in total. The molecule has 1 fully saturated rings. The van der Waals surface area contributed by atoms with E-state index < -0.39 is 11.0 Å². The zero-order valence-electron chi connectivity index (χ0n) is 12.2. The molecule has 1 aromatic rings. The third-order valence-corrected chi connectivity index (χ3v) is 4.91. The second-order valence-corrected chi connectivity index (χ2v) is 7.20. The Morgan fingerprint density at radius 1 is 1.50 bits per heavy atom. The average Bonchev–Trinajstić information content (AvgIpc) is 3.17. The molecule has 0 aliphatic heterocycles. The van der Waals surface area contributed by atoms with E-state index in [4.69, 9.17) is 0 Å². The van der Waals surface area contributed by atoms with Gasteiger partial charge in [0.1, 0.15) is 0 Å². The smallest absolute Gasteiger partial charge is 0.230 e. The molecule has 2 rings (SSSR count). The maximum Gasteiger partial charge on any atom is 0.230 e. The van der Waals surface area contributed by atoms with Crippen molar-refractivity contribution >= 4 is 21.8 Å². The number of carbonyl (C=O) groups is 1. The van der Waals surface area contributed by atoms with E-state index in [2.05, 4.69) is 21.2 Å². The van der Waals surface area contributed by atoms with Crippen molar-refractivity contribution in [1.29, 1.82) is 0 Å². The van der Waals surface area contributed by atoms with Crippen molar-refractivity contribution in [3.05, 3.63) is 34.3 Å². The van der Waals surface area contributed by atoms with E-state index in [0.717, 1.165) is 22.9 Å². The minimum absolute atomic E-state index is 0.0246. The molecule has 1 aliphatic carbocycles. The van der Waals surface area contributed by atoms with E-state index in [-0.39, 0.29) is 11.8 Å². The fourth-order valence-corrected chi connectivity index (χ4v) is 2.59. The Bertz CT molecular complexity index is 507. The molecular formula is C16H22BrNO2. The highest BCUT2D eigenvalue weighted by Gasteiger charge is 2.51. The summed E-state index contributed by atoms with van der Waals surface area (Å²) in [5, 5.41) is 13.1. The van der Waals surface area contributed by atoms with E-state index in [1.165, 1.54) is 0 Å². The van der Waals surface area contributed by atoms with Gasteiger partial charge in [-0.3, -0.25) is 4.79 Å². The number of amides is 1. The molecule has 20 heavy (non-hydrogen) atoms. The van der Waals surface area contributed by atoms with E-state index >= 15 is 0 Å². The van der Waals surface area contributed by atoms with Crippen LogP contribution in [0.2, 0.25) is 0 Å². The highest BCUT2D eigenvalue weighted by atomic mass is 79.9. The summed E-state index contributed by atoms with van der Waals surface area (Å²) >= 11 is 3.45. The predicted molar refractivity (Wildman–Crippen MR) is 83.5 cm³/mol. The Morgan fingerprint density at radius 3 is 2.65 bits per heavy atom. The number of carbonyl (C=O) groups excluding carboxylic acids is 1. The van der Waals surface area contributed by atoms with Crippen molar-refractivity contribution in [2.24, 2.45) is 5.92 Å². The fourth-order valence-electron chi connectivity index (χ4n) is 2.19. The van der Waals surface area contributed by atoms with Crippen molar-refractivity contribution in [2.45, 2.75) is 44.6 Å². The first kappa shape index (κ1) is 15.5. The van der Waals surface area contributed by atoms with Crippen molar-refractivity contribution in [1.82, 2.24) is 5.32 Å². The highest BCUT2D eigenvalue weighted by molar-refractivity contribution is 9.10. The molecule has 4 heteroatoms. The van der Waals surface area contributed by atoms with Crippen LogP contribution in [0, 0.1) is 5.92 Å². The van der Waals surface area contributed by atoms with Crippen molar-refractivity contribution in [3.8, 4) is 0 Å². The maximum atomic E-state index is 12.5. The van der Waals surface area contributed by atoms with E-state index in [0.29, 0.717) is 6.54 Å². The summed E-state index contributed by atoms with van der Waals surface area (Å²) in [5.41, 5.74) is -0.214. The van der Waals surface area contributed by atoms with Gasteiger partial charge in [0, 0.05) is 11.0 Å². The van der Waals surface area contributed by atoms with E-state index in [9.17, 15) is 9.90 Å². The summed E-state index contributed by atoms with van der Waals surface area (Å²) in [6.07, 6.45) is 1.75. The Morgan fingerprint density at radius 2 is 2.15 bits per heavy atom. The number of aliphatic hydroxyl groups is 1.